The van der Waals surface area contributed by atoms with Crippen LogP contribution in [0.2, 0.25) is 0 Å². The van der Waals surface area contributed by atoms with Crippen molar-refractivity contribution in [1.29, 1.82) is 0 Å². The van der Waals surface area contributed by atoms with Gasteiger partial charge in [0, 0.05) is 6.42 Å². The van der Waals surface area contributed by atoms with E-state index < -0.39 is 52.1 Å². The molecule has 0 unspecified atom stereocenters. The number of carbonyl (C=O) groups excluding carboxylic acids is 3. The molecule has 0 N–H and O–H groups in total. The molecule has 1 heterocycles. The van der Waals surface area contributed by atoms with Gasteiger partial charge < -0.3 is 9.47 Å². The maximum absolute atomic E-state index is 12.3. The predicted octanol–water partition coefficient (Wildman–Crippen LogP) is 0.473. The minimum absolute atomic E-state index is 0.0395. The Bertz CT molecular complexity index is 607. The van der Waals surface area contributed by atoms with Gasteiger partial charge in [-0.1, -0.05) is 0 Å². The van der Waals surface area contributed by atoms with Gasteiger partial charge in [-0.05, 0) is 20.8 Å². The van der Waals surface area contributed by atoms with Crippen LogP contribution >= 0.6 is 0 Å². The first-order valence-corrected chi connectivity index (χ1v) is 9.11. The summed E-state index contributed by atoms with van der Waals surface area (Å²) in [7, 11) is -2.61. The highest BCUT2D eigenvalue weighted by molar-refractivity contribution is 7.86. The van der Waals surface area contributed by atoms with Gasteiger partial charge in [0.15, 0.2) is 5.78 Å². The number of methoxy groups -OCH3 is 1. The van der Waals surface area contributed by atoms with E-state index in [9.17, 15) is 22.8 Å². The van der Waals surface area contributed by atoms with Crippen LogP contribution in [-0.4, -0.2) is 68.8 Å². The van der Waals surface area contributed by atoms with Crippen molar-refractivity contribution in [3.63, 3.8) is 0 Å². The summed E-state index contributed by atoms with van der Waals surface area (Å²) in [6.45, 7) is 4.86. The molecular formula is C14H23NO8S. The smallest absolute Gasteiger partial charge is 0.410 e. The van der Waals surface area contributed by atoms with Crippen LogP contribution in [0.1, 0.15) is 33.6 Å². The first kappa shape index (κ1) is 20.4. The van der Waals surface area contributed by atoms with Gasteiger partial charge in [-0.15, -0.1) is 0 Å². The van der Waals surface area contributed by atoms with Gasteiger partial charge in [0.1, 0.15) is 12.0 Å². The highest BCUT2D eigenvalue weighted by Crippen LogP contribution is 2.25. The lowest BCUT2D eigenvalue weighted by Gasteiger charge is -2.27. The fourth-order valence-corrected chi connectivity index (χ4v) is 2.91. The maximum Gasteiger partial charge on any atom is 0.410 e. The van der Waals surface area contributed by atoms with Crippen molar-refractivity contribution in [3.8, 4) is 0 Å². The van der Waals surface area contributed by atoms with E-state index in [1.165, 1.54) is 0 Å². The van der Waals surface area contributed by atoms with Crippen LogP contribution in [0.15, 0.2) is 0 Å². The van der Waals surface area contributed by atoms with Crippen LogP contribution in [0, 0.1) is 0 Å². The number of ketones is 1. The molecule has 9 nitrogen and oxygen atoms in total. The van der Waals surface area contributed by atoms with E-state index in [2.05, 4.69) is 4.74 Å². The Morgan fingerprint density at radius 1 is 1.21 bits per heavy atom. The molecular weight excluding hydrogens is 342 g/mol. The van der Waals surface area contributed by atoms with Crippen molar-refractivity contribution in [3.05, 3.63) is 0 Å². The average Bonchev–Trinajstić information content (AvgIpc) is 2.78. The molecule has 0 aromatic heterocycles. The fraction of sp³-hybridized carbons (Fsp3) is 0.786. The minimum atomic E-state index is -3.75. The van der Waals surface area contributed by atoms with E-state index in [0.29, 0.717) is 0 Å². The molecule has 0 bridgehead atoms. The lowest BCUT2D eigenvalue weighted by atomic mass is 10.1. The number of nitrogens with zero attached hydrogens (tertiary/aromatic N) is 1. The number of hydrogen-bond donors (Lipinski definition) is 0. The van der Waals surface area contributed by atoms with Gasteiger partial charge in [-0.3, -0.25) is 18.7 Å². The second-order valence-corrected chi connectivity index (χ2v) is 8.13. The normalized spacial score (nSPS) is 21.5. The van der Waals surface area contributed by atoms with Gasteiger partial charge in [0.2, 0.25) is 0 Å². The fourth-order valence-electron chi connectivity index (χ4n) is 2.27. The third-order valence-electron chi connectivity index (χ3n) is 3.12. The Hall–Kier alpha value is -1.68. The van der Waals surface area contributed by atoms with Crippen LogP contribution in [0.4, 0.5) is 4.79 Å². The Labute approximate surface area is 141 Å². The summed E-state index contributed by atoms with van der Waals surface area (Å²) in [4.78, 5) is 36.9. The summed E-state index contributed by atoms with van der Waals surface area (Å²) >= 11 is 0. The lowest BCUT2D eigenvalue weighted by Crippen LogP contribution is -2.44. The lowest BCUT2D eigenvalue weighted by molar-refractivity contribution is -0.144. The molecule has 0 radical (unpaired) electrons. The quantitative estimate of drug-likeness (QED) is 0.392. The summed E-state index contributed by atoms with van der Waals surface area (Å²) in [5.74, 6) is -1.30. The number of likely N-dealkylation sites (tertiary alicyclic amines) is 1. The average molecular weight is 365 g/mol. The molecule has 1 amide bonds. The molecule has 1 saturated heterocycles. The third kappa shape index (κ3) is 6.44. The molecule has 2 atom stereocenters. The molecule has 10 heteroatoms. The number of ether oxygens (including phenoxy) is 2. The largest absolute Gasteiger partial charge is 0.469 e. The third-order valence-corrected chi connectivity index (χ3v) is 3.74. The molecule has 1 fully saturated rings. The molecule has 1 aliphatic heterocycles. The van der Waals surface area contributed by atoms with Gasteiger partial charge in [-0.2, -0.15) is 8.42 Å². The van der Waals surface area contributed by atoms with Crippen molar-refractivity contribution in [2.24, 2.45) is 0 Å². The minimum Gasteiger partial charge on any atom is -0.469 e. The topological polar surface area (TPSA) is 116 Å². The van der Waals surface area contributed by atoms with E-state index in [1.807, 2.05) is 0 Å². The molecule has 0 aliphatic carbocycles. The molecule has 0 aromatic carbocycles. The predicted molar refractivity (Wildman–Crippen MR) is 82.7 cm³/mol. The second-order valence-electron chi connectivity index (χ2n) is 6.53. The van der Waals surface area contributed by atoms with Crippen molar-refractivity contribution in [2.75, 3.05) is 19.9 Å². The summed E-state index contributed by atoms with van der Waals surface area (Å²) in [5, 5.41) is 0. The van der Waals surface area contributed by atoms with E-state index in [-0.39, 0.29) is 13.0 Å². The number of hydrogen-bond acceptors (Lipinski definition) is 8. The zero-order valence-electron chi connectivity index (χ0n) is 14.4. The van der Waals surface area contributed by atoms with E-state index in [4.69, 9.17) is 8.92 Å². The monoisotopic (exact) mass is 365 g/mol. The van der Waals surface area contributed by atoms with Crippen molar-refractivity contribution >= 4 is 28.0 Å². The van der Waals surface area contributed by atoms with E-state index >= 15 is 0 Å². The van der Waals surface area contributed by atoms with Gasteiger partial charge in [0.05, 0.1) is 32.1 Å². The van der Waals surface area contributed by atoms with E-state index in [0.717, 1.165) is 18.3 Å². The number of rotatable bonds is 5. The van der Waals surface area contributed by atoms with Crippen LogP contribution < -0.4 is 0 Å². The molecule has 1 aliphatic rings. The van der Waals surface area contributed by atoms with Crippen LogP contribution in [0.25, 0.3) is 0 Å². The van der Waals surface area contributed by atoms with Crippen LogP contribution in [0.5, 0.6) is 0 Å². The number of carbonyl (C=O) groups is 3. The first-order valence-electron chi connectivity index (χ1n) is 7.30. The standard InChI is InChI=1S/C14H23NO8S/c1-14(2,3)22-13(18)15-8-9(23-24(5,19)20)6-10(15)11(16)7-12(17)21-4/h9-10H,6-8H2,1-5H3/t9-,10+/m1/s1. The Balaban J connectivity index is 2.94. The Morgan fingerprint density at radius 2 is 1.79 bits per heavy atom. The molecule has 1 rings (SSSR count). The number of esters is 1. The highest BCUT2D eigenvalue weighted by atomic mass is 32.2. The van der Waals surface area contributed by atoms with Crippen LogP contribution in [-0.2, 0) is 33.4 Å². The summed E-state index contributed by atoms with van der Waals surface area (Å²) in [6, 6.07) is -1.01. The van der Waals surface area contributed by atoms with Crippen molar-refractivity contribution in [2.45, 2.75) is 51.4 Å². The highest BCUT2D eigenvalue weighted by Gasteiger charge is 2.43. The molecule has 138 valence electrons. The van der Waals surface area contributed by atoms with E-state index in [1.54, 1.807) is 20.8 Å². The second kappa shape index (κ2) is 7.47. The van der Waals surface area contributed by atoms with Crippen molar-refractivity contribution < 1.29 is 36.5 Å². The SMILES string of the molecule is COC(=O)CC(=O)[C@@H]1C[C@@H](OS(C)(=O)=O)CN1C(=O)OC(C)(C)C. The summed E-state index contributed by atoms with van der Waals surface area (Å²) in [5.41, 5.74) is -0.789. The maximum atomic E-state index is 12.3. The summed E-state index contributed by atoms with van der Waals surface area (Å²) < 4.78 is 37.1. The van der Waals surface area contributed by atoms with Gasteiger partial charge >= 0.3 is 12.1 Å². The Morgan fingerprint density at radius 3 is 2.25 bits per heavy atom. The zero-order chi connectivity index (χ0) is 18.7. The van der Waals surface area contributed by atoms with Crippen LogP contribution in [0.3, 0.4) is 0 Å². The van der Waals surface area contributed by atoms with Gasteiger partial charge in [0.25, 0.3) is 10.1 Å². The molecule has 24 heavy (non-hydrogen) atoms. The van der Waals surface area contributed by atoms with Crippen molar-refractivity contribution in [1.82, 2.24) is 4.90 Å². The number of Topliss-reactive ketones (excluding diaryl/α,β-unsaturated/α-hetero) is 1. The van der Waals surface area contributed by atoms with Gasteiger partial charge in [-0.25, -0.2) is 4.79 Å². The summed E-state index contributed by atoms with van der Waals surface area (Å²) in [6.07, 6.45) is -1.33. The molecule has 0 aromatic rings. The molecule has 0 saturated carbocycles. The molecule has 0 spiro atoms. The Kier molecular flexibility index (Phi) is 6.34. The zero-order valence-corrected chi connectivity index (χ0v) is 15.2. The number of amides is 1. The first-order chi connectivity index (χ1) is 10.8.